The monoisotopic (exact) mass is 507 g/mol. The summed E-state index contributed by atoms with van der Waals surface area (Å²) in [4.78, 5) is 27.3. The van der Waals surface area contributed by atoms with E-state index in [-0.39, 0.29) is 5.56 Å². The van der Waals surface area contributed by atoms with Gasteiger partial charge in [0.1, 0.15) is 5.82 Å². The Kier molecular flexibility index (Phi) is 6.68. The summed E-state index contributed by atoms with van der Waals surface area (Å²) in [5, 5.41) is 9.21. The number of anilines is 2. The quantitative estimate of drug-likeness (QED) is 0.340. The van der Waals surface area contributed by atoms with Gasteiger partial charge in [-0.15, -0.1) is 0 Å². The Morgan fingerprint density at radius 3 is 2.63 bits per heavy atom. The number of nitrogens with zero attached hydrogens (tertiary/aromatic N) is 5. The van der Waals surface area contributed by atoms with Gasteiger partial charge in [0.15, 0.2) is 0 Å². The van der Waals surface area contributed by atoms with Crippen molar-refractivity contribution in [2.24, 2.45) is 0 Å². The minimum atomic E-state index is -0.192. The van der Waals surface area contributed by atoms with Gasteiger partial charge in [0.25, 0.3) is 5.56 Å². The van der Waals surface area contributed by atoms with Gasteiger partial charge in [-0.05, 0) is 54.3 Å². The van der Waals surface area contributed by atoms with Gasteiger partial charge in [-0.3, -0.25) is 19.4 Å². The second-order valence-corrected chi connectivity index (χ2v) is 9.44. The van der Waals surface area contributed by atoms with Gasteiger partial charge < -0.3 is 15.0 Å². The predicted molar refractivity (Wildman–Crippen MR) is 149 cm³/mol. The van der Waals surface area contributed by atoms with Crippen LogP contribution in [0.25, 0.3) is 33.3 Å². The zero-order valence-electron chi connectivity index (χ0n) is 21.2. The Morgan fingerprint density at radius 1 is 0.974 bits per heavy atom. The van der Waals surface area contributed by atoms with Gasteiger partial charge in [0.05, 0.1) is 42.7 Å². The van der Waals surface area contributed by atoms with Gasteiger partial charge in [0.2, 0.25) is 0 Å². The number of morpholine rings is 1. The molecule has 1 aliphatic rings. The maximum Gasteiger partial charge on any atom is 0.259 e. The summed E-state index contributed by atoms with van der Waals surface area (Å²) >= 11 is 0. The molecule has 0 amide bonds. The zero-order valence-corrected chi connectivity index (χ0v) is 21.2. The Balaban J connectivity index is 1.23. The van der Waals surface area contributed by atoms with Crippen LogP contribution in [0.5, 0.6) is 0 Å². The third-order valence-corrected chi connectivity index (χ3v) is 6.77. The highest BCUT2D eigenvalue weighted by Crippen LogP contribution is 2.28. The number of rotatable bonds is 7. The molecule has 9 nitrogen and oxygen atoms in total. The minimum absolute atomic E-state index is 0.192. The molecule has 6 rings (SSSR count). The first kappa shape index (κ1) is 24.0. The van der Waals surface area contributed by atoms with Crippen molar-refractivity contribution in [1.82, 2.24) is 29.6 Å². The number of aryl methyl sites for hydroxylation is 1. The SMILES string of the molecule is Cc1cccc(-c2cc3cc[nH]c(=O)c3c(Nc3ccc(-c4cnn(CCN5CCOCC5)c4)cc3)n2)n1. The van der Waals surface area contributed by atoms with Gasteiger partial charge in [-0.25, -0.2) is 4.98 Å². The summed E-state index contributed by atoms with van der Waals surface area (Å²) in [6, 6.07) is 17.7. The molecule has 4 aromatic heterocycles. The molecule has 1 fully saturated rings. The number of hydrogen-bond donors (Lipinski definition) is 2. The van der Waals surface area contributed by atoms with E-state index in [1.165, 1.54) is 0 Å². The lowest BCUT2D eigenvalue weighted by atomic mass is 10.1. The highest BCUT2D eigenvalue weighted by molar-refractivity contribution is 5.95. The van der Waals surface area contributed by atoms with Crippen molar-refractivity contribution in [3.8, 4) is 22.5 Å². The third kappa shape index (κ3) is 5.20. The number of hydrogen-bond acceptors (Lipinski definition) is 7. The van der Waals surface area contributed by atoms with E-state index in [0.29, 0.717) is 16.9 Å². The van der Waals surface area contributed by atoms with Gasteiger partial charge >= 0.3 is 0 Å². The fourth-order valence-electron chi connectivity index (χ4n) is 4.71. The molecular weight excluding hydrogens is 478 g/mol. The molecule has 0 radical (unpaired) electrons. The largest absolute Gasteiger partial charge is 0.379 e. The molecule has 5 aromatic rings. The number of fused-ring (bicyclic) bond motifs is 1. The number of aromatic nitrogens is 5. The topological polar surface area (TPSA) is 101 Å². The highest BCUT2D eigenvalue weighted by Gasteiger charge is 2.13. The first-order valence-electron chi connectivity index (χ1n) is 12.8. The molecule has 0 atom stereocenters. The zero-order chi connectivity index (χ0) is 25.9. The van der Waals surface area contributed by atoms with Gasteiger partial charge in [0, 0.05) is 49.0 Å². The number of H-pyrrole nitrogens is 1. The van der Waals surface area contributed by atoms with Crippen molar-refractivity contribution in [1.29, 1.82) is 0 Å². The Morgan fingerprint density at radius 2 is 1.82 bits per heavy atom. The van der Waals surface area contributed by atoms with E-state index in [0.717, 1.165) is 73.0 Å². The lowest BCUT2D eigenvalue weighted by molar-refractivity contribution is 0.0360. The molecule has 38 heavy (non-hydrogen) atoms. The second kappa shape index (κ2) is 10.6. The van der Waals surface area contributed by atoms with Crippen LogP contribution < -0.4 is 10.9 Å². The van der Waals surface area contributed by atoms with Gasteiger partial charge in [-0.1, -0.05) is 18.2 Å². The van der Waals surface area contributed by atoms with Crippen molar-refractivity contribution < 1.29 is 4.74 Å². The molecule has 1 aliphatic heterocycles. The molecule has 0 unspecified atom stereocenters. The summed E-state index contributed by atoms with van der Waals surface area (Å²) in [6.07, 6.45) is 5.63. The second-order valence-electron chi connectivity index (χ2n) is 9.44. The predicted octanol–water partition coefficient (Wildman–Crippen LogP) is 4.23. The van der Waals surface area contributed by atoms with Crippen LogP contribution in [0.4, 0.5) is 11.5 Å². The van der Waals surface area contributed by atoms with E-state index < -0.39 is 0 Å². The normalized spacial score (nSPS) is 14.1. The number of ether oxygens (including phenoxy) is 1. The fraction of sp³-hybridized carbons (Fsp3) is 0.241. The maximum absolute atomic E-state index is 12.7. The van der Waals surface area contributed by atoms with Crippen molar-refractivity contribution in [3.05, 3.63) is 89.2 Å². The van der Waals surface area contributed by atoms with E-state index in [9.17, 15) is 4.79 Å². The molecule has 9 heteroatoms. The van der Waals surface area contributed by atoms with Crippen molar-refractivity contribution in [2.75, 3.05) is 38.2 Å². The van der Waals surface area contributed by atoms with Gasteiger partial charge in [-0.2, -0.15) is 5.10 Å². The maximum atomic E-state index is 12.7. The summed E-state index contributed by atoms with van der Waals surface area (Å²) in [5.74, 6) is 0.492. The summed E-state index contributed by atoms with van der Waals surface area (Å²) in [5.41, 5.74) is 5.14. The molecule has 5 heterocycles. The van der Waals surface area contributed by atoms with Crippen molar-refractivity contribution in [2.45, 2.75) is 13.5 Å². The average Bonchev–Trinajstić information content (AvgIpc) is 3.42. The van der Waals surface area contributed by atoms with Crippen LogP contribution in [-0.2, 0) is 11.3 Å². The van der Waals surface area contributed by atoms with Crippen LogP contribution >= 0.6 is 0 Å². The number of aromatic amines is 1. The molecule has 1 saturated heterocycles. The Bertz CT molecular complexity index is 1620. The van der Waals surface area contributed by atoms with Crippen LogP contribution in [0.15, 0.2) is 78.0 Å². The van der Waals surface area contributed by atoms with Crippen LogP contribution in [-0.4, -0.2) is 62.5 Å². The average molecular weight is 508 g/mol. The third-order valence-electron chi connectivity index (χ3n) is 6.77. The molecule has 1 aromatic carbocycles. The standard InChI is InChI=1S/C29H29N7O2/c1-20-3-2-4-25(32-20)26-17-22-9-10-30-29(37)27(22)28(34-26)33-24-7-5-21(6-8-24)23-18-31-36(19-23)12-11-35-13-15-38-16-14-35/h2-10,17-19H,11-16H2,1H3,(H,30,37)(H,33,34). The van der Waals surface area contributed by atoms with E-state index in [1.54, 1.807) is 6.20 Å². The van der Waals surface area contributed by atoms with E-state index in [2.05, 4.69) is 31.5 Å². The van der Waals surface area contributed by atoms with Crippen molar-refractivity contribution >= 4 is 22.3 Å². The number of nitrogens with one attached hydrogen (secondary N) is 2. The lowest BCUT2D eigenvalue weighted by Gasteiger charge is -2.26. The van der Waals surface area contributed by atoms with E-state index >= 15 is 0 Å². The summed E-state index contributed by atoms with van der Waals surface area (Å²) in [7, 11) is 0. The summed E-state index contributed by atoms with van der Waals surface area (Å²) in [6.45, 7) is 7.31. The smallest absolute Gasteiger partial charge is 0.259 e. The van der Waals surface area contributed by atoms with Crippen molar-refractivity contribution in [3.63, 3.8) is 0 Å². The van der Waals surface area contributed by atoms with Crippen LogP contribution in [0, 0.1) is 6.92 Å². The van der Waals surface area contributed by atoms with E-state index in [4.69, 9.17) is 9.72 Å². The molecule has 0 spiro atoms. The summed E-state index contributed by atoms with van der Waals surface area (Å²) < 4.78 is 7.42. The Hall–Kier alpha value is -4.34. The molecule has 192 valence electrons. The number of benzene rings is 1. The minimum Gasteiger partial charge on any atom is -0.379 e. The lowest BCUT2D eigenvalue weighted by Crippen LogP contribution is -2.38. The van der Waals surface area contributed by atoms with Crippen LogP contribution in [0.1, 0.15) is 5.69 Å². The van der Waals surface area contributed by atoms with Crippen LogP contribution in [0.3, 0.4) is 0 Å². The van der Waals surface area contributed by atoms with E-state index in [1.807, 2.05) is 72.4 Å². The highest BCUT2D eigenvalue weighted by atomic mass is 16.5. The fourth-order valence-corrected chi connectivity index (χ4v) is 4.71. The molecule has 0 aliphatic carbocycles. The molecule has 0 saturated carbocycles. The Labute approximate surface area is 220 Å². The first-order valence-corrected chi connectivity index (χ1v) is 12.8. The first-order chi connectivity index (χ1) is 18.6. The number of pyridine rings is 3. The molecule has 2 N–H and O–H groups in total. The molecule has 0 bridgehead atoms. The van der Waals surface area contributed by atoms with Crippen LogP contribution in [0.2, 0.25) is 0 Å². The molecular formula is C29H29N7O2.